The van der Waals surface area contributed by atoms with Gasteiger partial charge in [-0.25, -0.2) is 0 Å². The van der Waals surface area contributed by atoms with Crippen molar-refractivity contribution in [1.82, 2.24) is 0 Å². The van der Waals surface area contributed by atoms with Crippen LogP contribution >= 0.6 is 0 Å². The Morgan fingerprint density at radius 2 is 0.731 bits per heavy atom. The molecule has 0 radical (unpaired) electrons. The fourth-order valence-corrected chi connectivity index (χ4v) is 8.59. The van der Waals surface area contributed by atoms with E-state index < -0.39 is 0 Å². The summed E-state index contributed by atoms with van der Waals surface area (Å²) in [6.07, 6.45) is 0. The standard InChI is InChI=1S/C51H37N/c1-51(2)49-31-37(36-23-21-35(22-24-36)34-13-5-3-6-14-34)25-28-46(49)47-30-27-40(33-50(47)51)52(38-15-7-4-8-16-38)39-26-29-45-43-19-10-9-17-41(43)42-18-11-12-20-44(42)48(45)32-39/h3-33H,1-2H3. The maximum absolute atomic E-state index is 2.43. The van der Waals surface area contributed by atoms with Gasteiger partial charge >= 0.3 is 0 Å². The van der Waals surface area contributed by atoms with Crippen LogP contribution in [0.4, 0.5) is 17.1 Å². The molecule has 0 unspecified atom stereocenters. The Balaban J connectivity index is 1.08. The van der Waals surface area contributed by atoms with Gasteiger partial charge in [0.1, 0.15) is 0 Å². The van der Waals surface area contributed by atoms with Crippen molar-refractivity contribution in [3.05, 3.63) is 199 Å². The van der Waals surface area contributed by atoms with Gasteiger partial charge in [0.25, 0.3) is 0 Å². The van der Waals surface area contributed by atoms with E-state index >= 15 is 0 Å². The number of anilines is 3. The van der Waals surface area contributed by atoms with Crippen LogP contribution in [-0.4, -0.2) is 0 Å². The second kappa shape index (κ2) is 11.8. The largest absolute Gasteiger partial charge is 0.310 e. The summed E-state index contributed by atoms with van der Waals surface area (Å²) in [6.45, 7) is 4.76. The van der Waals surface area contributed by atoms with E-state index in [9.17, 15) is 0 Å². The molecular formula is C51H37N. The van der Waals surface area contributed by atoms with E-state index in [1.54, 1.807) is 0 Å². The number of hydrogen-bond donors (Lipinski definition) is 0. The molecule has 1 aliphatic carbocycles. The zero-order chi connectivity index (χ0) is 34.8. The van der Waals surface area contributed by atoms with Crippen molar-refractivity contribution >= 4 is 49.4 Å². The van der Waals surface area contributed by atoms with Crippen molar-refractivity contribution in [1.29, 1.82) is 0 Å². The van der Waals surface area contributed by atoms with E-state index in [0.717, 1.165) is 17.1 Å². The van der Waals surface area contributed by atoms with Crippen LogP contribution in [0.2, 0.25) is 0 Å². The maximum Gasteiger partial charge on any atom is 0.0468 e. The molecule has 9 aromatic rings. The first-order valence-corrected chi connectivity index (χ1v) is 18.2. The molecule has 246 valence electrons. The monoisotopic (exact) mass is 663 g/mol. The van der Waals surface area contributed by atoms with Gasteiger partial charge in [-0.15, -0.1) is 0 Å². The topological polar surface area (TPSA) is 3.24 Å². The van der Waals surface area contributed by atoms with E-state index in [2.05, 4.69) is 207 Å². The van der Waals surface area contributed by atoms with E-state index in [1.165, 1.54) is 76.8 Å². The van der Waals surface area contributed by atoms with Crippen LogP contribution < -0.4 is 4.90 Å². The SMILES string of the molecule is CC1(C)c2cc(-c3ccc(-c4ccccc4)cc3)ccc2-c2ccc(N(c3ccccc3)c3ccc4c5ccccc5c5ccccc5c4c3)cc21. The number of benzene rings is 9. The molecule has 52 heavy (non-hydrogen) atoms. The summed E-state index contributed by atoms with van der Waals surface area (Å²) >= 11 is 0. The van der Waals surface area contributed by atoms with Crippen LogP contribution in [-0.2, 0) is 5.41 Å². The predicted octanol–water partition coefficient (Wildman–Crippen LogP) is 14.3. The molecule has 1 heteroatoms. The van der Waals surface area contributed by atoms with E-state index in [1.807, 2.05) is 0 Å². The number of para-hydroxylation sites is 1. The fraction of sp³-hybridized carbons (Fsp3) is 0.0588. The quantitative estimate of drug-likeness (QED) is 0.166. The molecule has 0 bridgehead atoms. The molecule has 0 spiro atoms. The summed E-state index contributed by atoms with van der Waals surface area (Å²) in [4.78, 5) is 2.42. The number of rotatable bonds is 5. The molecule has 0 amide bonds. The Morgan fingerprint density at radius 3 is 1.37 bits per heavy atom. The highest BCUT2D eigenvalue weighted by molar-refractivity contribution is 6.25. The first-order chi connectivity index (χ1) is 25.5. The predicted molar refractivity (Wildman–Crippen MR) is 222 cm³/mol. The zero-order valence-electron chi connectivity index (χ0n) is 29.3. The number of nitrogens with zero attached hydrogens (tertiary/aromatic N) is 1. The first-order valence-electron chi connectivity index (χ1n) is 18.2. The summed E-state index contributed by atoms with van der Waals surface area (Å²) in [7, 11) is 0. The van der Waals surface area contributed by atoms with Crippen molar-refractivity contribution in [2.24, 2.45) is 0 Å². The van der Waals surface area contributed by atoms with Crippen LogP contribution in [0.15, 0.2) is 188 Å². The molecule has 0 fully saturated rings. The normalized spacial score (nSPS) is 13.0. The van der Waals surface area contributed by atoms with Crippen LogP contribution in [0.1, 0.15) is 25.0 Å². The van der Waals surface area contributed by atoms with E-state index in [-0.39, 0.29) is 5.41 Å². The third-order valence-electron chi connectivity index (χ3n) is 11.2. The summed E-state index contributed by atoms with van der Waals surface area (Å²) in [5.74, 6) is 0. The average molecular weight is 664 g/mol. The van der Waals surface area contributed by atoms with Crippen molar-refractivity contribution in [3.8, 4) is 33.4 Å². The van der Waals surface area contributed by atoms with E-state index in [0.29, 0.717) is 0 Å². The van der Waals surface area contributed by atoms with Crippen LogP contribution in [0.25, 0.3) is 65.7 Å². The highest BCUT2D eigenvalue weighted by Crippen LogP contribution is 2.52. The molecule has 0 N–H and O–H groups in total. The summed E-state index contributed by atoms with van der Waals surface area (Å²) in [5.41, 5.74) is 13.6. The highest BCUT2D eigenvalue weighted by Gasteiger charge is 2.36. The Kier molecular flexibility index (Phi) is 6.91. The minimum absolute atomic E-state index is 0.165. The van der Waals surface area contributed by atoms with Crippen molar-refractivity contribution < 1.29 is 0 Å². The molecule has 0 saturated heterocycles. The van der Waals surface area contributed by atoms with Gasteiger partial charge < -0.3 is 4.90 Å². The molecule has 0 atom stereocenters. The lowest BCUT2D eigenvalue weighted by atomic mass is 9.81. The Hall–Kier alpha value is -6.44. The Bertz CT molecular complexity index is 2760. The number of hydrogen-bond acceptors (Lipinski definition) is 1. The maximum atomic E-state index is 2.43. The lowest BCUT2D eigenvalue weighted by molar-refractivity contribution is 0.660. The van der Waals surface area contributed by atoms with Gasteiger partial charge in [-0.3, -0.25) is 0 Å². The molecule has 1 nitrogen and oxygen atoms in total. The Labute approximate surface area is 305 Å². The highest BCUT2D eigenvalue weighted by atomic mass is 15.1. The van der Waals surface area contributed by atoms with Gasteiger partial charge in [0.2, 0.25) is 0 Å². The summed E-state index contributed by atoms with van der Waals surface area (Å²) in [5, 5.41) is 7.70. The van der Waals surface area contributed by atoms with E-state index in [4.69, 9.17) is 0 Å². The van der Waals surface area contributed by atoms with Crippen LogP contribution in [0.5, 0.6) is 0 Å². The molecule has 10 rings (SSSR count). The van der Waals surface area contributed by atoms with Gasteiger partial charge in [-0.05, 0) is 119 Å². The second-order valence-electron chi connectivity index (χ2n) is 14.6. The summed E-state index contributed by atoms with van der Waals surface area (Å²) < 4.78 is 0. The third-order valence-corrected chi connectivity index (χ3v) is 11.2. The minimum atomic E-state index is -0.165. The summed E-state index contributed by atoms with van der Waals surface area (Å²) in [6, 6.07) is 69.1. The smallest absolute Gasteiger partial charge is 0.0468 e. The molecule has 0 aromatic heterocycles. The van der Waals surface area contributed by atoms with Gasteiger partial charge in [0.05, 0.1) is 0 Å². The van der Waals surface area contributed by atoms with Crippen LogP contribution in [0, 0.1) is 0 Å². The second-order valence-corrected chi connectivity index (χ2v) is 14.6. The van der Waals surface area contributed by atoms with Gasteiger partial charge in [-0.2, -0.15) is 0 Å². The molecule has 1 aliphatic rings. The van der Waals surface area contributed by atoms with Gasteiger partial charge in [0, 0.05) is 22.5 Å². The molecule has 9 aromatic carbocycles. The Morgan fingerprint density at radius 1 is 0.308 bits per heavy atom. The molecule has 0 heterocycles. The fourth-order valence-electron chi connectivity index (χ4n) is 8.59. The molecule has 0 saturated carbocycles. The van der Waals surface area contributed by atoms with Gasteiger partial charge in [0.15, 0.2) is 0 Å². The number of fused-ring (bicyclic) bond motifs is 9. The third kappa shape index (κ3) is 4.77. The van der Waals surface area contributed by atoms with Gasteiger partial charge in [-0.1, -0.05) is 159 Å². The molecule has 0 aliphatic heterocycles. The molecular weight excluding hydrogens is 627 g/mol. The van der Waals surface area contributed by atoms with Crippen molar-refractivity contribution in [2.45, 2.75) is 19.3 Å². The lowest BCUT2D eigenvalue weighted by Gasteiger charge is -2.28. The van der Waals surface area contributed by atoms with Crippen molar-refractivity contribution in [2.75, 3.05) is 4.90 Å². The van der Waals surface area contributed by atoms with Crippen LogP contribution in [0.3, 0.4) is 0 Å². The lowest BCUT2D eigenvalue weighted by Crippen LogP contribution is -2.16. The minimum Gasteiger partial charge on any atom is -0.310 e. The first kappa shape index (κ1) is 30.4. The van der Waals surface area contributed by atoms with Crippen molar-refractivity contribution in [3.63, 3.8) is 0 Å². The zero-order valence-corrected chi connectivity index (χ0v) is 29.3. The average Bonchev–Trinajstić information content (AvgIpc) is 3.43.